The molecule has 2 aromatic rings. The molecule has 0 saturated carbocycles. The molecule has 0 bridgehead atoms. The molecular weight excluding hydrogens is 554 g/mol. The zero-order valence-corrected chi connectivity index (χ0v) is 26.5. The Morgan fingerprint density at radius 1 is 0.791 bits per heavy atom. The van der Waals surface area contributed by atoms with Crippen molar-refractivity contribution >= 4 is 11.9 Å². The predicted molar refractivity (Wildman–Crippen MR) is 160 cm³/mol. The van der Waals surface area contributed by atoms with Crippen LogP contribution in [0.3, 0.4) is 0 Å². The highest BCUT2D eigenvalue weighted by Crippen LogP contribution is 2.44. The molecule has 0 N–H and O–H groups in total. The van der Waals surface area contributed by atoms with Crippen LogP contribution in [0.4, 0.5) is 0 Å². The van der Waals surface area contributed by atoms with Gasteiger partial charge >= 0.3 is 5.97 Å². The fourth-order valence-corrected chi connectivity index (χ4v) is 5.98. The molecule has 2 aromatic carbocycles. The van der Waals surface area contributed by atoms with Crippen LogP contribution in [0, 0.1) is 0 Å². The van der Waals surface area contributed by atoms with E-state index in [1.165, 1.54) is 11.1 Å². The summed E-state index contributed by atoms with van der Waals surface area (Å²) in [7, 11) is 10.4. The highest BCUT2D eigenvalue weighted by atomic mass is 16.5. The molecule has 0 aliphatic carbocycles. The Morgan fingerprint density at radius 2 is 1.40 bits per heavy atom. The van der Waals surface area contributed by atoms with Crippen molar-refractivity contribution in [2.24, 2.45) is 0 Å². The summed E-state index contributed by atoms with van der Waals surface area (Å²) in [6.07, 6.45) is 5.57. The lowest BCUT2D eigenvalue weighted by Gasteiger charge is -2.46. The van der Waals surface area contributed by atoms with Crippen molar-refractivity contribution < 1.29 is 47.6 Å². The number of benzene rings is 2. The third-order valence-corrected chi connectivity index (χ3v) is 8.39. The summed E-state index contributed by atoms with van der Waals surface area (Å²) in [4.78, 5) is 22.8. The van der Waals surface area contributed by atoms with Gasteiger partial charge in [0.05, 0.1) is 62.3 Å². The van der Waals surface area contributed by atoms with Crippen molar-refractivity contribution in [1.29, 1.82) is 0 Å². The molecule has 2 atom stereocenters. The van der Waals surface area contributed by atoms with Gasteiger partial charge in [0.25, 0.3) is 0 Å². The van der Waals surface area contributed by atoms with E-state index in [9.17, 15) is 14.7 Å². The Labute approximate surface area is 255 Å². The molecule has 238 valence electrons. The highest BCUT2D eigenvalue weighted by Gasteiger charge is 2.40. The van der Waals surface area contributed by atoms with E-state index < -0.39 is 5.97 Å². The van der Waals surface area contributed by atoms with Gasteiger partial charge in [-0.2, -0.15) is 0 Å². The molecule has 0 aromatic heterocycles. The summed E-state index contributed by atoms with van der Waals surface area (Å²) >= 11 is 0. The number of hydrogen-bond acceptors (Lipinski definition) is 9. The van der Waals surface area contributed by atoms with Crippen LogP contribution in [0.15, 0.2) is 24.3 Å². The van der Waals surface area contributed by atoms with E-state index in [4.69, 9.17) is 28.4 Å². The lowest BCUT2D eigenvalue weighted by Crippen LogP contribution is -2.52. The Morgan fingerprint density at radius 3 is 1.98 bits per heavy atom. The number of carboxylic acids is 1. The Bertz CT molecular complexity index is 1210. The van der Waals surface area contributed by atoms with Gasteiger partial charge in [-0.25, -0.2) is 0 Å². The van der Waals surface area contributed by atoms with Crippen molar-refractivity contribution in [2.75, 3.05) is 62.3 Å². The minimum absolute atomic E-state index is 0.0623. The number of aliphatic carboxylic acids is 1. The largest absolute Gasteiger partial charge is 0.550 e. The zero-order valence-electron chi connectivity index (χ0n) is 26.5. The first kappa shape index (κ1) is 33.8. The van der Waals surface area contributed by atoms with Crippen LogP contribution >= 0.6 is 0 Å². The molecular formula is C33H47NO9. The van der Waals surface area contributed by atoms with Crippen LogP contribution in [-0.2, 0) is 27.2 Å². The minimum atomic E-state index is -1.03. The molecule has 10 heteroatoms. The van der Waals surface area contributed by atoms with Crippen molar-refractivity contribution in [3.05, 3.63) is 41.0 Å². The fraction of sp³-hybridized carbons (Fsp3) is 0.576. The van der Waals surface area contributed by atoms with Crippen molar-refractivity contribution in [3.8, 4) is 28.7 Å². The Hall–Kier alpha value is -3.66. The van der Waals surface area contributed by atoms with Gasteiger partial charge in [-0.15, -0.1) is 0 Å². The van der Waals surface area contributed by atoms with E-state index in [1.54, 1.807) is 35.5 Å². The SMILES string of the molecule is COc1cc2c(cc1OC)[C@@H](Cc1cc(OC)c(OC)c(OC)c1)[N@+](C)(CCCOC(=O)CCCCCCC(=O)[O-])CC2. The van der Waals surface area contributed by atoms with Gasteiger partial charge < -0.3 is 42.8 Å². The molecule has 1 heterocycles. The molecule has 43 heavy (non-hydrogen) atoms. The predicted octanol–water partition coefficient (Wildman–Crippen LogP) is 4.04. The van der Waals surface area contributed by atoms with Crippen LogP contribution < -0.4 is 28.8 Å². The zero-order chi connectivity index (χ0) is 31.4. The average Bonchev–Trinajstić information content (AvgIpc) is 3.01. The number of carboxylic acid groups (broad SMARTS) is 1. The standard InChI is InChI=1S/C33H47NO9/c1-34(15-11-17-43-32(37)13-10-8-7-9-12-31(35)36)16-14-24-21-27(38-2)28(39-3)22-25(24)26(34)18-23-19-29(40-4)33(42-6)30(20-23)41-5/h19-22,26H,7-18H2,1-6H3/t26-,34-/m1/s1. The van der Waals surface area contributed by atoms with Gasteiger partial charge in [-0.1, -0.05) is 12.8 Å². The van der Waals surface area contributed by atoms with E-state index in [0.29, 0.717) is 55.3 Å². The molecule has 0 amide bonds. The van der Waals surface area contributed by atoms with E-state index in [-0.39, 0.29) is 18.4 Å². The summed E-state index contributed by atoms with van der Waals surface area (Å²) in [6, 6.07) is 8.27. The first-order valence-corrected chi connectivity index (χ1v) is 14.9. The maximum Gasteiger partial charge on any atom is 0.305 e. The second kappa shape index (κ2) is 16.3. The van der Waals surface area contributed by atoms with E-state index in [2.05, 4.69) is 19.2 Å². The number of likely N-dealkylation sites (N-methyl/N-ethyl adjacent to an activating group) is 1. The van der Waals surface area contributed by atoms with E-state index in [0.717, 1.165) is 54.6 Å². The number of hydrogen-bond donors (Lipinski definition) is 0. The van der Waals surface area contributed by atoms with Gasteiger partial charge in [-0.3, -0.25) is 4.79 Å². The number of nitrogens with zero attached hydrogens (tertiary/aromatic N) is 1. The number of fused-ring (bicyclic) bond motifs is 1. The van der Waals surface area contributed by atoms with Gasteiger partial charge in [0.1, 0.15) is 6.04 Å². The third-order valence-electron chi connectivity index (χ3n) is 8.39. The maximum absolute atomic E-state index is 12.3. The quantitative estimate of drug-likeness (QED) is 0.142. The second-order valence-corrected chi connectivity index (χ2v) is 11.2. The minimum Gasteiger partial charge on any atom is -0.550 e. The summed E-state index contributed by atoms with van der Waals surface area (Å²) in [5.74, 6) is 1.95. The van der Waals surface area contributed by atoms with Gasteiger partial charge in [0.2, 0.25) is 5.75 Å². The molecule has 0 fully saturated rings. The van der Waals surface area contributed by atoms with Crippen molar-refractivity contribution in [2.45, 2.75) is 63.8 Å². The number of ether oxygens (including phenoxy) is 6. The first-order chi connectivity index (χ1) is 20.7. The first-order valence-electron chi connectivity index (χ1n) is 14.9. The van der Waals surface area contributed by atoms with Crippen LogP contribution in [0.5, 0.6) is 28.7 Å². The van der Waals surface area contributed by atoms with E-state index >= 15 is 0 Å². The molecule has 0 unspecified atom stereocenters. The molecule has 1 aliphatic rings. The molecule has 0 spiro atoms. The lowest BCUT2D eigenvalue weighted by atomic mass is 9.86. The summed E-state index contributed by atoms with van der Waals surface area (Å²) in [5, 5.41) is 10.5. The van der Waals surface area contributed by atoms with E-state index in [1.807, 2.05) is 12.1 Å². The molecule has 3 rings (SSSR count). The number of methoxy groups -OCH3 is 5. The Balaban J connectivity index is 1.75. The number of rotatable bonds is 18. The van der Waals surface area contributed by atoms with Crippen molar-refractivity contribution in [3.63, 3.8) is 0 Å². The summed E-state index contributed by atoms with van der Waals surface area (Å²) < 4.78 is 34.4. The van der Waals surface area contributed by atoms with Crippen LogP contribution in [0.2, 0.25) is 0 Å². The molecule has 0 radical (unpaired) electrons. The van der Waals surface area contributed by atoms with Crippen molar-refractivity contribution in [1.82, 2.24) is 0 Å². The number of unbranched alkanes of at least 4 members (excludes halogenated alkanes) is 3. The summed E-state index contributed by atoms with van der Waals surface area (Å²) in [6.45, 7) is 2.09. The molecule has 10 nitrogen and oxygen atoms in total. The topological polar surface area (TPSA) is 113 Å². The van der Waals surface area contributed by atoms with Crippen LogP contribution in [0.25, 0.3) is 0 Å². The summed E-state index contributed by atoms with van der Waals surface area (Å²) in [5.41, 5.74) is 3.49. The number of quaternary nitrogens is 1. The number of esters is 1. The maximum atomic E-state index is 12.3. The lowest BCUT2D eigenvalue weighted by molar-refractivity contribution is -0.941. The monoisotopic (exact) mass is 601 g/mol. The highest BCUT2D eigenvalue weighted by molar-refractivity contribution is 5.69. The fourth-order valence-electron chi connectivity index (χ4n) is 5.98. The third kappa shape index (κ3) is 8.92. The number of carbonyl (C=O) groups is 2. The van der Waals surface area contributed by atoms with Gasteiger partial charge in [0.15, 0.2) is 23.0 Å². The average molecular weight is 602 g/mol. The van der Waals surface area contributed by atoms with Gasteiger partial charge in [0, 0.05) is 37.2 Å². The van der Waals surface area contributed by atoms with Crippen LogP contribution in [-0.4, -0.2) is 78.7 Å². The Kier molecular flexibility index (Phi) is 12.8. The van der Waals surface area contributed by atoms with Crippen LogP contribution in [0.1, 0.15) is 67.7 Å². The number of carbonyl (C=O) groups excluding carboxylic acids is 2. The van der Waals surface area contributed by atoms with Gasteiger partial charge in [-0.05, 0) is 54.7 Å². The second-order valence-electron chi connectivity index (χ2n) is 11.2. The normalized spacial score (nSPS) is 17.5. The smallest absolute Gasteiger partial charge is 0.305 e. The molecule has 1 aliphatic heterocycles. The molecule has 0 saturated heterocycles.